The Morgan fingerprint density at radius 2 is 1.53 bits per heavy atom. The van der Waals surface area contributed by atoms with E-state index in [1.807, 2.05) is 6.07 Å². The first-order valence-corrected chi connectivity index (χ1v) is 8.25. The van der Waals surface area contributed by atoms with Gasteiger partial charge in [-0.05, 0) is 60.4 Å². The van der Waals surface area contributed by atoms with E-state index in [0.717, 1.165) is 24.5 Å². The molecule has 2 rings (SSSR count). The molecule has 0 spiro atoms. The molecule has 0 saturated heterocycles. The highest BCUT2D eigenvalue weighted by Crippen LogP contribution is 2.33. The molecule has 0 fully saturated rings. The van der Waals surface area contributed by atoms with Gasteiger partial charge in [0, 0.05) is 13.4 Å². The molecular formula is C15H14Br3N. The van der Waals surface area contributed by atoms with Crippen molar-refractivity contribution in [1.82, 2.24) is 0 Å². The van der Waals surface area contributed by atoms with Crippen LogP contribution in [-0.4, -0.2) is 0 Å². The van der Waals surface area contributed by atoms with Crippen molar-refractivity contribution in [1.29, 1.82) is 0 Å². The van der Waals surface area contributed by atoms with E-state index in [1.165, 1.54) is 11.1 Å². The second kappa shape index (κ2) is 6.08. The van der Waals surface area contributed by atoms with E-state index in [-0.39, 0.29) is 6.04 Å². The minimum absolute atomic E-state index is 0.139. The largest absolute Gasteiger partial charge is 0.320 e. The maximum Gasteiger partial charge on any atom is 0.0565 e. The predicted molar refractivity (Wildman–Crippen MR) is 91.5 cm³/mol. The molecule has 100 valence electrons. The number of rotatable bonds is 2. The number of halogens is 3. The molecule has 0 aliphatic heterocycles. The van der Waals surface area contributed by atoms with Crippen LogP contribution in [0.3, 0.4) is 0 Å². The first kappa shape index (κ1) is 15.2. The lowest BCUT2D eigenvalue weighted by Crippen LogP contribution is -2.14. The van der Waals surface area contributed by atoms with E-state index >= 15 is 0 Å². The van der Waals surface area contributed by atoms with Crippen LogP contribution < -0.4 is 5.73 Å². The number of aryl methyl sites for hydroxylation is 2. The van der Waals surface area contributed by atoms with Crippen molar-refractivity contribution in [3.05, 3.63) is 66.0 Å². The third-order valence-electron chi connectivity index (χ3n) is 3.18. The molecule has 1 unspecified atom stereocenters. The van der Waals surface area contributed by atoms with Gasteiger partial charge in [0.2, 0.25) is 0 Å². The molecule has 19 heavy (non-hydrogen) atoms. The van der Waals surface area contributed by atoms with Gasteiger partial charge in [-0.15, -0.1) is 0 Å². The Kier molecular flexibility index (Phi) is 4.88. The summed E-state index contributed by atoms with van der Waals surface area (Å²) in [6.45, 7) is 4.14. The summed E-state index contributed by atoms with van der Waals surface area (Å²) in [7, 11) is 0. The summed E-state index contributed by atoms with van der Waals surface area (Å²) in [5, 5.41) is 0. The highest BCUT2D eigenvalue weighted by atomic mass is 79.9. The number of hydrogen-bond donors (Lipinski definition) is 1. The lowest BCUT2D eigenvalue weighted by molar-refractivity contribution is 0.854. The fourth-order valence-electron chi connectivity index (χ4n) is 2.06. The summed E-state index contributed by atoms with van der Waals surface area (Å²) in [6, 6.07) is 10.2. The third-order valence-corrected chi connectivity index (χ3v) is 5.21. The standard InChI is InChI=1S/C15H14Br3N/c1-8-5-10(16)3-4-11(8)15(19)12-7-13(17)9(2)6-14(12)18/h3-7,15H,19H2,1-2H3. The summed E-state index contributed by atoms with van der Waals surface area (Å²) >= 11 is 10.7. The lowest BCUT2D eigenvalue weighted by Gasteiger charge is -2.18. The van der Waals surface area contributed by atoms with Crippen molar-refractivity contribution in [2.24, 2.45) is 5.73 Å². The quantitative estimate of drug-likeness (QED) is 0.633. The molecule has 2 aromatic carbocycles. The first-order chi connectivity index (χ1) is 8.90. The highest BCUT2D eigenvalue weighted by molar-refractivity contribution is 9.11. The molecule has 2 N–H and O–H groups in total. The number of hydrogen-bond acceptors (Lipinski definition) is 1. The van der Waals surface area contributed by atoms with Crippen molar-refractivity contribution >= 4 is 47.8 Å². The maximum absolute atomic E-state index is 6.42. The van der Waals surface area contributed by atoms with Gasteiger partial charge < -0.3 is 5.73 Å². The molecular weight excluding hydrogens is 434 g/mol. The molecule has 0 bridgehead atoms. The van der Waals surface area contributed by atoms with Gasteiger partial charge in [0.05, 0.1) is 6.04 Å². The van der Waals surface area contributed by atoms with Crippen LogP contribution in [0.2, 0.25) is 0 Å². The molecule has 0 amide bonds. The smallest absolute Gasteiger partial charge is 0.0565 e. The zero-order chi connectivity index (χ0) is 14.2. The van der Waals surface area contributed by atoms with Crippen LogP contribution in [0.4, 0.5) is 0 Å². The average molecular weight is 448 g/mol. The van der Waals surface area contributed by atoms with E-state index in [0.29, 0.717) is 0 Å². The Morgan fingerprint density at radius 1 is 0.842 bits per heavy atom. The Morgan fingerprint density at radius 3 is 2.16 bits per heavy atom. The van der Waals surface area contributed by atoms with Crippen molar-refractivity contribution in [2.45, 2.75) is 19.9 Å². The lowest BCUT2D eigenvalue weighted by atomic mass is 9.95. The van der Waals surface area contributed by atoms with Gasteiger partial charge in [-0.3, -0.25) is 0 Å². The molecule has 0 aliphatic carbocycles. The van der Waals surface area contributed by atoms with Gasteiger partial charge in [-0.25, -0.2) is 0 Å². The highest BCUT2D eigenvalue weighted by Gasteiger charge is 2.15. The van der Waals surface area contributed by atoms with Gasteiger partial charge in [-0.1, -0.05) is 53.9 Å². The first-order valence-electron chi connectivity index (χ1n) is 5.87. The molecule has 1 atom stereocenters. The zero-order valence-electron chi connectivity index (χ0n) is 10.7. The minimum Gasteiger partial charge on any atom is -0.320 e. The molecule has 2 aromatic rings. The van der Waals surface area contributed by atoms with E-state index in [4.69, 9.17) is 5.73 Å². The van der Waals surface area contributed by atoms with E-state index in [1.54, 1.807) is 0 Å². The Labute approximate surface area is 139 Å². The maximum atomic E-state index is 6.42. The Hall–Kier alpha value is -0.160. The Balaban J connectivity index is 2.49. The summed E-state index contributed by atoms with van der Waals surface area (Å²) < 4.78 is 3.20. The monoisotopic (exact) mass is 445 g/mol. The van der Waals surface area contributed by atoms with Crippen molar-refractivity contribution in [3.63, 3.8) is 0 Å². The normalized spacial score (nSPS) is 12.5. The van der Waals surface area contributed by atoms with Gasteiger partial charge in [0.15, 0.2) is 0 Å². The van der Waals surface area contributed by atoms with Crippen molar-refractivity contribution in [2.75, 3.05) is 0 Å². The van der Waals surface area contributed by atoms with Crippen LogP contribution >= 0.6 is 47.8 Å². The van der Waals surface area contributed by atoms with Gasteiger partial charge in [0.25, 0.3) is 0 Å². The fraction of sp³-hybridized carbons (Fsp3) is 0.200. The van der Waals surface area contributed by atoms with E-state index in [9.17, 15) is 0 Å². The van der Waals surface area contributed by atoms with E-state index in [2.05, 4.69) is 85.9 Å². The van der Waals surface area contributed by atoms with Crippen molar-refractivity contribution < 1.29 is 0 Å². The Bertz CT molecular complexity index is 623. The van der Waals surface area contributed by atoms with Crippen molar-refractivity contribution in [3.8, 4) is 0 Å². The summed E-state index contributed by atoms with van der Waals surface area (Å²) in [4.78, 5) is 0. The zero-order valence-corrected chi connectivity index (χ0v) is 15.4. The molecule has 0 aliphatic rings. The number of benzene rings is 2. The van der Waals surface area contributed by atoms with Crippen LogP contribution in [0.15, 0.2) is 43.7 Å². The van der Waals surface area contributed by atoms with Crippen LogP contribution in [0, 0.1) is 13.8 Å². The second-order valence-electron chi connectivity index (χ2n) is 4.60. The minimum atomic E-state index is -0.139. The number of nitrogens with two attached hydrogens (primary N) is 1. The predicted octanol–water partition coefficient (Wildman–Crippen LogP) is 5.64. The molecule has 0 radical (unpaired) electrons. The SMILES string of the molecule is Cc1cc(Br)c(C(N)c2ccc(Br)cc2C)cc1Br. The fourth-order valence-corrected chi connectivity index (χ4v) is 3.60. The van der Waals surface area contributed by atoms with Crippen LogP contribution in [-0.2, 0) is 0 Å². The molecule has 1 nitrogen and oxygen atoms in total. The van der Waals surface area contributed by atoms with Crippen LogP contribution in [0.25, 0.3) is 0 Å². The van der Waals surface area contributed by atoms with Gasteiger partial charge in [-0.2, -0.15) is 0 Å². The molecule has 4 heteroatoms. The molecule has 0 aromatic heterocycles. The summed E-state index contributed by atoms with van der Waals surface area (Å²) in [5.74, 6) is 0. The molecule has 0 saturated carbocycles. The van der Waals surface area contributed by atoms with Crippen LogP contribution in [0.5, 0.6) is 0 Å². The van der Waals surface area contributed by atoms with Gasteiger partial charge in [0.1, 0.15) is 0 Å². The topological polar surface area (TPSA) is 26.0 Å². The third kappa shape index (κ3) is 3.30. The summed E-state index contributed by atoms with van der Waals surface area (Å²) in [5.41, 5.74) is 11.0. The second-order valence-corrected chi connectivity index (χ2v) is 7.23. The molecule has 0 heterocycles. The van der Waals surface area contributed by atoms with Crippen LogP contribution in [0.1, 0.15) is 28.3 Å². The van der Waals surface area contributed by atoms with E-state index < -0.39 is 0 Å². The van der Waals surface area contributed by atoms with Gasteiger partial charge >= 0.3 is 0 Å². The average Bonchev–Trinajstić information content (AvgIpc) is 2.33. The summed E-state index contributed by atoms with van der Waals surface area (Å²) in [6.07, 6.45) is 0.